The summed E-state index contributed by atoms with van der Waals surface area (Å²) in [6.07, 6.45) is 1.77. The third-order valence-electron chi connectivity index (χ3n) is 0.668. The highest BCUT2D eigenvalue weighted by molar-refractivity contribution is 8.14. The molecule has 0 radical (unpaired) electrons. The number of carbonyl (C=O) groups is 1. The fourth-order valence-corrected chi connectivity index (χ4v) is 0.899. The van der Waals surface area contributed by atoms with Gasteiger partial charge in [0.15, 0.2) is 0 Å². The van der Waals surface area contributed by atoms with Gasteiger partial charge in [0.25, 0.3) is 0 Å². The summed E-state index contributed by atoms with van der Waals surface area (Å²) in [4.78, 5) is 14.1. The molecule has 3 heteroatoms. The first-order valence-corrected chi connectivity index (χ1v) is 3.02. The van der Waals surface area contributed by atoms with Crippen LogP contribution in [0.5, 0.6) is 0 Å². The predicted molar refractivity (Wildman–Crippen MR) is 30.8 cm³/mol. The molecule has 1 aliphatic heterocycles. The normalized spacial score (nSPS) is 20.3. The van der Waals surface area contributed by atoms with Gasteiger partial charge in [0.2, 0.25) is 5.12 Å². The monoisotopic (exact) mass is 115 g/mol. The lowest BCUT2D eigenvalue weighted by Gasteiger charge is -1.96. The van der Waals surface area contributed by atoms with Crippen LogP contribution in [0, 0.1) is 0 Å². The largest absolute Gasteiger partial charge is 0.288 e. The Balaban J connectivity index is 2.47. The van der Waals surface area contributed by atoms with Gasteiger partial charge in [-0.2, -0.15) is 0 Å². The van der Waals surface area contributed by atoms with Crippen LogP contribution in [0.3, 0.4) is 0 Å². The van der Waals surface area contributed by atoms with E-state index in [0.29, 0.717) is 6.54 Å². The molecule has 0 amide bonds. The summed E-state index contributed by atoms with van der Waals surface area (Å²) in [6.45, 7) is 0.380. The topological polar surface area (TPSA) is 29.4 Å². The molecule has 0 aromatic heterocycles. The number of thioether (sulfide) groups is 1. The van der Waals surface area contributed by atoms with Crippen LogP contribution in [0.4, 0.5) is 0 Å². The zero-order valence-corrected chi connectivity index (χ0v) is 4.57. The van der Waals surface area contributed by atoms with E-state index in [1.165, 1.54) is 11.8 Å². The van der Waals surface area contributed by atoms with E-state index in [9.17, 15) is 4.79 Å². The molecule has 0 fully saturated rings. The molecule has 2 nitrogen and oxygen atoms in total. The van der Waals surface area contributed by atoms with Crippen LogP contribution < -0.4 is 0 Å². The maximum atomic E-state index is 10.3. The summed E-state index contributed by atoms with van der Waals surface area (Å²) in [6, 6.07) is 0. The van der Waals surface area contributed by atoms with Crippen LogP contribution in [0.1, 0.15) is 0 Å². The molecule has 0 bridgehead atoms. The molecule has 1 aliphatic rings. The number of aliphatic imine (C=N–C) groups is 1. The van der Waals surface area contributed by atoms with E-state index < -0.39 is 0 Å². The molecule has 38 valence electrons. The summed E-state index contributed by atoms with van der Waals surface area (Å²) in [5.41, 5.74) is 0. The Morgan fingerprint density at radius 2 is 2.71 bits per heavy atom. The minimum Gasteiger partial charge on any atom is -0.288 e. The van der Waals surface area contributed by atoms with E-state index in [2.05, 4.69) is 4.99 Å². The summed E-state index contributed by atoms with van der Waals surface area (Å²) in [7, 11) is 0. The Morgan fingerprint density at radius 3 is 3.00 bits per heavy atom. The van der Waals surface area contributed by atoms with Crippen LogP contribution in [0.2, 0.25) is 0 Å². The molecule has 7 heavy (non-hydrogen) atoms. The number of hydrogen-bond acceptors (Lipinski definition) is 3. The smallest absolute Gasteiger partial charge is 0.210 e. The summed E-state index contributed by atoms with van der Waals surface area (Å²) < 4.78 is 0. The number of nitrogens with zero attached hydrogens (tertiary/aromatic N) is 1. The van der Waals surface area contributed by atoms with Gasteiger partial charge in [0, 0.05) is 12.0 Å². The van der Waals surface area contributed by atoms with Gasteiger partial charge in [-0.1, -0.05) is 11.8 Å². The predicted octanol–water partition coefficient (Wildman–Crippen LogP) is 0.331. The van der Waals surface area contributed by atoms with Crippen molar-refractivity contribution in [2.45, 2.75) is 0 Å². The first kappa shape index (κ1) is 4.84. The molecule has 1 heterocycles. The van der Waals surface area contributed by atoms with Gasteiger partial charge in [-0.05, 0) is 0 Å². The highest BCUT2D eigenvalue weighted by Gasteiger charge is 2.01. The van der Waals surface area contributed by atoms with Gasteiger partial charge >= 0.3 is 0 Å². The lowest BCUT2D eigenvalue weighted by molar-refractivity contribution is -0.109. The van der Waals surface area contributed by atoms with Crippen molar-refractivity contribution in [2.24, 2.45) is 4.99 Å². The highest BCUT2D eigenvalue weighted by Crippen LogP contribution is 2.03. The first-order chi connectivity index (χ1) is 3.39. The minimum absolute atomic E-state index is 0.183. The van der Waals surface area contributed by atoms with Crippen molar-refractivity contribution < 1.29 is 4.79 Å². The number of carbonyl (C=O) groups excluding carboxylic acids is 1. The third-order valence-corrected chi connectivity index (χ3v) is 1.44. The summed E-state index contributed by atoms with van der Waals surface area (Å²) >= 11 is 1.33. The van der Waals surface area contributed by atoms with Crippen LogP contribution in [-0.4, -0.2) is 23.6 Å². The zero-order chi connectivity index (χ0) is 5.11. The summed E-state index contributed by atoms with van der Waals surface area (Å²) in [5, 5.41) is 0.183. The van der Waals surface area contributed by atoms with Crippen molar-refractivity contribution in [1.29, 1.82) is 0 Å². The SMILES string of the molecule is O=C1CN=CCS1. The third kappa shape index (κ3) is 1.31. The van der Waals surface area contributed by atoms with E-state index in [1.54, 1.807) is 6.21 Å². The van der Waals surface area contributed by atoms with Gasteiger partial charge in [0.05, 0.1) is 0 Å². The van der Waals surface area contributed by atoms with Gasteiger partial charge in [-0.25, -0.2) is 0 Å². The maximum absolute atomic E-state index is 10.3. The van der Waals surface area contributed by atoms with Crippen molar-refractivity contribution in [3.8, 4) is 0 Å². The van der Waals surface area contributed by atoms with Crippen LogP contribution in [0.15, 0.2) is 4.99 Å². The van der Waals surface area contributed by atoms with E-state index >= 15 is 0 Å². The Morgan fingerprint density at radius 1 is 1.86 bits per heavy atom. The molecule has 0 saturated heterocycles. The van der Waals surface area contributed by atoms with Crippen LogP contribution in [0.25, 0.3) is 0 Å². The van der Waals surface area contributed by atoms with E-state index in [-0.39, 0.29) is 5.12 Å². The van der Waals surface area contributed by atoms with Crippen LogP contribution >= 0.6 is 11.8 Å². The maximum Gasteiger partial charge on any atom is 0.210 e. The average molecular weight is 115 g/mol. The van der Waals surface area contributed by atoms with Crippen molar-refractivity contribution in [1.82, 2.24) is 0 Å². The van der Waals surface area contributed by atoms with E-state index in [1.807, 2.05) is 0 Å². The molecule has 0 unspecified atom stereocenters. The Labute approximate surface area is 46.0 Å². The van der Waals surface area contributed by atoms with Gasteiger partial charge in [-0.15, -0.1) is 0 Å². The second kappa shape index (κ2) is 2.12. The summed E-state index contributed by atoms with van der Waals surface area (Å²) in [5.74, 6) is 0.763. The lowest BCUT2D eigenvalue weighted by Crippen LogP contribution is -2.04. The Hall–Kier alpha value is -0.310. The van der Waals surface area contributed by atoms with Crippen molar-refractivity contribution >= 4 is 23.1 Å². The molecule has 0 N–H and O–H groups in total. The van der Waals surface area contributed by atoms with Crippen molar-refractivity contribution in [2.75, 3.05) is 12.3 Å². The fraction of sp³-hybridized carbons (Fsp3) is 0.500. The molecule has 0 spiro atoms. The number of rotatable bonds is 0. The molecule has 1 rings (SSSR count). The van der Waals surface area contributed by atoms with Crippen molar-refractivity contribution in [3.05, 3.63) is 0 Å². The number of hydrogen-bond donors (Lipinski definition) is 0. The Kier molecular flexibility index (Phi) is 1.46. The fourth-order valence-electron chi connectivity index (χ4n) is 0.368. The van der Waals surface area contributed by atoms with Gasteiger partial charge in [-0.3, -0.25) is 9.79 Å². The Bertz CT molecular complexity index is 110. The highest BCUT2D eigenvalue weighted by atomic mass is 32.2. The molecular formula is C4H5NOS. The van der Waals surface area contributed by atoms with Crippen molar-refractivity contribution in [3.63, 3.8) is 0 Å². The van der Waals surface area contributed by atoms with Gasteiger partial charge in [0.1, 0.15) is 6.54 Å². The lowest BCUT2D eigenvalue weighted by atomic mass is 10.7. The standard InChI is InChI=1S/C4H5NOS/c6-4-3-5-1-2-7-4/h1H,2-3H2. The zero-order valence-electron chi connectivity index (χ0n) is 3.76. The van der Waals surface area contributed by atoms with Crippen LogP contribution in [-0.2, 0) is 4.79 Å². The van der Waals surface area contributed by atoms with E-state index in [0.717, 1.165) is 5.75 Å². The molecule has 0 atom stereocenters. The second-order valence-electron chi connectivity index (χ2n) is 1.21. The molecule has 0 saturated carbocycles. The average Bonchev–Trinajstić information content (AvgIpc) is 1.69. The van der Waals surface area contributed by atoms with Gasteiger partial charge < -0.3 is 0 Å². The second-order valence-corrected chi connectivity index (χ2v) is 2.28. The molecule has 0 aromatic rings. The molecule has 0 aromatic carbocycles. The quantitative estimate of drug-likeness (QED) is 0.455. The molecular weight excluding hydrogens is 110 g/mol. The first-order valence-electron chi connectivity index (χ1n) is 2.03. The van der Waals surface area contributed by atoms with E-state index in [4.69, 9.17) is 0 Å². The minimum atomic E-state index is 0.183. The molecule has 0 aliphatic carbocycles.